The number of alkyl carbamates (subject to hydrolysis) is 1. The molecule has 3 N–H and O–H groups in total. The number of nitrogens with one attached hydrogen (secondary N) is 3. The van der Waals surface area contributed by atoms with Gasteiger partial charge in [0.2, 0.25) is 33.3 Å². The van der Waals surface area contributed by atoms with Gasteiger partial charge in [-0.1, -0.05) is 32.4 Å². The fourth-order valence-electron chi connectivity index (χ4n) is 7.80. The van der Waals surface area contributed by atoms with Crippen molar-refractivity contribution in [3.05, 3.63) is 42.6 Å². The van der Waals surface area contributed by atoms with E-state index in [9.17, 15) is 40.8 Å². The van der Waals surface area contributed by atoms with Crippen LogP contribution >= 0.6 is 0 Å². The number of nitrogens with zero attached hydrogens (tertiary/aromatic N) is 2. The van der Waals surface area contributed by atoms with Gasteiger partial charge in [-0.3, -0.25) is 19.1 Å². The summed E-state index contributed by atoms with van der Waals surface area (Å²) in [5, 5.41) is 5.91. The number of hydrogen-bond acceptors (Lipinski definition) is 10. The zero-order valence-corrected chi connectivity index (χ0v) is 34.1. The molecule has 3 heterocycles. The van der Waals surface area contributed by atoms with E-state index in [1.54, 1.807) is 37.4 Å². The van der Waals surface area contributed by atoms with Crippen molar-refractivity contribution in [2.24, 2.45) is 17.8 Å². The Bertz CT molecular complexity index is 2040. The Hall–Kier alpha value is -4.61. The van der Waals surface area contributed by atoms with Crippen LogP contribution in [0.4, 0.5) is 18.0 Å². The van der Waals surface area contributed by atoms with Crippen LogP contribution in [0.1, 0.15) is 86.0 Å². The van der Waals surface area contributed by atoms with Crippen LogP contribution in [0, 0.1) is 17.8 Å². The molecule has 14 nitrogen and oxygen atoms in total. The molecule has 6 rings (SSSR count). The van der Waals surface area contributed by atoms with E-state index >= 15 is 0 Å². The van der Waals surface area contributed by atoms with Crippen LogP contribution in [0.2, 0.25) is 0 Å². The van der Waals surface area contributed by atoms with Gasteiger partial charge in [-0.15, -0.1) is 0 Å². The second kappa shape index (κ2) is 16.6. The number of hydrogen-bond donors (Lipinski definition) is 3. The molecule has 4 aliphatic rings. The van der Waals surface area contributed by atoms with Gasteiger partial charge in [0, 0.05) is 23.9 Å². The van der Waals surface area contributed by atoms with Crippen molar-refractivity contribution >= 4 is 44.6 Å². The van der Waals surface area contributed by atoms with Gasteiger partial charge in [-0.2, -0.15) is 13.2 Å². The summed E-state index contributed by atoms with van der Waals surface area (Å²) >= 11 is 0. The van der Waals surface area contributed by atoms with Gasteiger partial charge in [0.15, 0.2) is 0 Å². The molecular weight excluding hydrogens is 784 g/mol. The van der Waals surface area contributed by atoms with Crippen molar-refractivity contribution in [2.75, 3.05) is 13.2 Å². The molecule has 1 saturated heterocycles. The van der Waals surface area contributed by atoms with E-state index < -0.39 is 86.4 Å². The maximum absolute atomic E-state index is 14.9. The molecule has 18 heteroatoms. The SMILES string of the molecule is CCOc1ccc2c(O[C@@H]3C[C@H]4C(=O)N[C@]5(C(=O)NS(=O)(=O)C6CC6)CC5/C=C\CC[C@@H](C)C[C@@H](CC)[C@H](NC(=O)OC(C)(C)C(F)(F)F)C(=O)N4C3)nccc2c1. The second-order valence-electron chi connectivity index (χ2n) is 16.4. The highest BCUT2D eigenvalue weighted by molar-refractivity contribution is 7.91. The van der Waals surface area contributed by atoms with Gasteiger partial charge >= 0.3 is 12.3 Å². The first-order chi connectivity index (χ1) is 27.3. The fraction of sp³-hybridized carbons (Fsp3) is 0.625. The molecule has 2 saturated carbocycles. The molecule has 0 bridgehead atoms. The number of ether oxygens (including phenoxy) is 3. The quantitative estimate of drug-likeness (QED) is 0.266. The predicted octanol–water partition coefficient (Wildman–Crippen LogP) is 5.30. The van der Waals surface area contributed by atoms with Crippen LogP contribution in [0.5, 0.6) is 11.6 Å². The first kappa shape index (κ1) is 43.0. The molecule has 1 aromatic heterocycles. The number of carbonyl (C=O) groups is 4. The number of aromatic nitrogens is 1. The molecule has 318 valence electrons. The van der Waals surface area contributed by atoms with Crippen LogP contribution in [0.15, 0.2) is 42.6 Å². The molecule has 2 aromatic rings. The standard InChI is InChI=1S/C40H52F3N5O9S/c1-6-24-18-23(3)10-8-9-11-26-21-39(26,36(51)47-58(53,54)29-13-14-29)46-33(49)31-20-28(56-34-30-15-12-27(55-7-2)19-25(30)16-17-44-34)22-48(31)35(50)32(24)45-37(52)57-38(4,5)40(41,42)43/h9,11-12,15-17,19,23-24,26,28-29,31-32H,6-8,10,13-14,18,20-22H2,1-5H3,(H,45,52)(H,46,49)(H,47,51)/b11-9-/t23-,24-,26?,28-,31+,32+,39-/m1/s1. The number of amides is 4. The largest absolute Gasteiger partial charge is 0.494 e. The number of pyridine rings is 1. The summed E-state index contributed by atoms with van der Waals surface area (Å²) in [6, 6.07) is 4.40. The average Bonchev–Trinajstić information content (AvgIpc) is 4.07. The Balaban J connectivity index is 1.36. The molecular formula is C40H52F3N5O9S. The van der Waals surface area contributed by atoms with E-state index in [-0.39, 0.29) is 31.2 Å². The first-order valence-electron chi connectivity index (χ1n) is 19.9. The van der Waals surface area contributed by atoms with Crippen molar-refractivity contribution in [1.29, 1.82) is 0 Å². The first-order valence-corrected chi connectivity index (χ1v) is 21.4. The van der Waals surface area contributed by atoms with E-state index in [0.717, 1.165) is 5.39 Å². The molecule has 1 aromatic carbocycles. The summed E-state index contributed by atoms with van der Waals surface area (Å²) in [7, 11) is -3.98. The number of benzene rings is 1. The van der Waals surface area contributed by atoms with E-state index in [1.165, 1.54) is 4.90 Å². The third-order valence-electron chi connectivity index (χ3n) is 11.6. The van der Waals surface area contributed by atoms with Crippen LogP contribution in [0.25, 0.3) is 10.8 Å². The van der Waals surface area contributed by atoms with Crippen molar-refractivity contribution in [3.63, 3.8) is 0 Å². The fourth-order valence-corrected chi connectivity index (χ4v) is 9.16. The molecule has 3 fully saturated rings. The lowest BCUT2D eigenvalue weighted by molar-refractivity contribution is -0.244. The summed E-state index contributed by atoms with van der Waals surface area (Å²) in [5.74, 6) is -2.70. The zero-order chi connectivity index (χ0) is 42.2. The van der Waals surface area contributed by atoms with Gasteiger partial charge in [-0.05, 0) is 101 Å². The number of carbonyl (C=O) groups excluding carboxylic acids is 4. The van der Waals surface area contributed by atoms with E-state index in [0.29, 0.717) is 70.1 Å². The minimum Gasteiger partial charge on any atom is -0.494 e. The summed E-state index contributed by atoms with van der Waals surface area (Å²) < 4.78 is 86.2. The van der Waals surface area contributed by atoms with Crippen molar-refractivity contribution < 1.29 is 55.0 Å². The monoisotopic (exact) mass is 835 g/mol. The summed E-state index contributed by atoms with van der Waals surface area (Å²) in [6.07, 6.45) is 0.745. The Labute approximate surface area is 336 Å². The highest BCUT2D eigenvalue weighted by Crippen LogP contribution is 2.46. The lowest BCUT2D eigenvalue weighted by atomic mass is 9.85. The Morgan fingerprint density at radius 2 is 1.83 bits per heavy atom. The average molecular weight is 836 g/mol. The number of allylic oxidation sites excluding steroid dienone is 1. The molecule has 58 heavy (non-hydrogen) atoms. The molecule has 1 unspecified atom stereocenters. The number of alkyl halides is 3. The second-order valence-corrected chi connectivity index (χ2v) is 18.4. The van der Waals surface area contributed by atoms with Crippen LogP contribution in [0.3, 0.4) is 0 Å². The topological polar surface area (TPSA) is 182 Å². The molecule has 7 atom stereocenters. The summed E-state index contributed by atoms with van der Waals surface area (Å²) in [4.78, 5) is 62.0. The van der Waals surface area contributed by atoms with E-state index in [2.05, 4.69) is 20.3 Å². The van der Waals surface area contributed by atoms with E-state index in [1.807, 2.05) is 26.0 Å². The highest BCUT2D eigenvalue weighted by Gasteiger charge is 2.62. The molecule has 0 spiro atoms. The van der Waals surface area contributed by atoms with Crippen LogP contribution in [-0.4, -0.2) is 96.0 Å². The minimum atomic E-state index is -4.91. The molecule has 0 radical (unpaired) electrons. The number of sulfonamides is 1. The number of halogens is 3. The van der Waals surface area contributed by atoms with Crippen molar-refractivity contribution in [2.45, 2.75) is 127 Å². The minimum absolute atomic E-state index is 0.0266. The van der Waals surface area contributed by atoms with Crippen molar-refractivity contribution in [3.8, 4) is 11.6 Å². The Morgan fingerprint density at radius 1 is 1.09 bits per heavy atom. The normalized spacial score (nSPS) is 28.9. The third kappa shape index (κ3) is 9.31. The number of rotatable bonds is 10. The van der Waals surface area contributed by atoms with Gasteiger partial charge in [-0.25, -0.2) is 18.2 Å². The van der Waals surface area contributed by atoms with Crippen LogP contribution < -0.4 is 24.8 Å². The smallest absolute Gasteiger partial charge is 0.427 e. The van der Waals surface area contributed by atoms with E-state index in [4.69, 9.17) is 14.2 Å². The lowest BCUT2D eigenvalue weighted by Gasteiger charge is -2.35. The van der Waals surface area contributed by atoms with Crippen LogP contribution in [-0.2, 0) is 29.1 Å². The zero-order valence-electron chi connectivity index (χ0n) is 33.3. The maximum Gasteiger partial charge on any atom is 0.427 e. The van der Waals surface area contributed by atoms with Gasteiger partial charge in [0.1, 0.15) is 29.5 Å². The van der Waals surface area contributed by atoms with Gasteiger partial charge < -0.3 is 29.7 Å². The number of fused-ring (bicyclic) bond motifs is 3. The molecule has 4 amide bonds. The maximum atomic E-state index is 14.9. The third-order valence-corrected chi connectivity index (χ3v) is 13.4. The lowest BCUT2D eigenvalue weighted by Crippen LogP contribution is -2.59. The van der Waals surface area contributed by atoms with Gasteiger partial charge in [0.25, 0.3) is 5.91 Å². The molecule has 2 aliphatic carbocycles. The Morgan fingerprint density at radius 3 is 2.50 bits per heavy atom. The highest BCUT2D eigenvalue weighted by atomic mass is 32.2. The van der Waals surface area contributed by atoms with Gasteiger partial charge in [0.05, 0.1) is 18.4 Å². The summed E-state index contributed by atoms with van der Waals surface area (Å²) in [6.45, 7) is 7.28. The summed E-state index contributed by atoms with van der Waals surface area (Å²) in [5.41, 5.74) is -4.51. The predicted molar refractivity (Wildman–Crippen MR) is 206 cm³/mol. The Kier molecular flexibility index (Phi) is 12.3. The van der Waals surface area contributed by atoms with Crippen molar-refractivity contribution in [1.82, 2.24) is 25.2 Å². The molecule has 2 aliphatic heterocycles.